The lowest BCUT2D eigenvalue weighted by molar-refractivity contribution is -0.0447. The molecular weight excluding hydrogens is 385 g/mol. The lowest BCUT2D eigenvalue weighted by Crippen LogP contribution is -2.51. The minimum absolute atomic E-state index is 0. The fourth-order valence-corrected chi connectivity index (χ4v) is 2.57. The summed E-state index contributed by atoms with van der Waals surface area (Å²) < 4.78 is 16.3. The van der Waals surface area contributed by atoms with Gasteiger partial charge in [-0.25, -0.2) is 0 Å². The lowest BCUT2D eigenvalue weighted by atomic mass is 10.1. The SMILES string of the molecule is CCNC(=NCC1CCOC1)N1CCOC(COC)C1.I. The van der Waals surface area contributed by atoms with Crippen LogP contribution in [0.5, 0.6) is 0 Å². The second-order valence-corrected chi connectivity index (χ2v) is 5.32. The van der Waals surface area contributed by atoms with Gasteiger partial charge in [-0.2, -0.15) is 0 Å². The van der Waals surface area contributed by atoms with E-state index in [0.717, 1.165) is 58.4 Å². The molecule has 2 aliphatic rings. The van der Waals surface area contributed by atoms with Crippen molar-refractivity contribution in [2.24, 2.45) is 10.9 Å². The first-order valence-corrected chi connectivity index (χ1v) is 7.55. The Morgan fingerprint density at radius 1 is 1.43 bits per heavy atom. The Kier molecular flexibility index (Phi) is 9.54. The summed E-state index contributed by atoms with van der Waals surface area (Å²) in [5.74, 6) is 1.56. The van der Waals surface area contributed by atoms with Gasteiger partial charge in [0.2, 0.25) is 0 Å². The average Bonchev–Trinajstić information content (AvgIpc) is 2.97. The highest BCUT2D eigenvalue weighted by molar-refractivity contribution is 14.0. The van der Waals surface area contributed by atoms with Gasteiger partial charge >= 0.3 is 0 Å². The van der Waals surface area contributed by atoms with Gasteiger partial charge in [0.15, 0.2) is 5.96 Å². The molecule has 2 aliphatic heterocycles. The van der Waals surface area contributed by atoms with Crippen LogP contribution in [0.1, 0.15) is 13.3 Å². The predicted octanol–water partition coefficient (Wildman–Crippen LogP) is 0.954. The summed E-state index contributed by atoms with van der Waals surface area (Å²) >= 11 is 0. The highest BCUT2D eigenvalue weighted by Crippen LogP contribution is 2.13. The number of hydrogen-bond donors (Lipinski definition) is 1. The summed E-state index contributed by atoms with van der Waals surface area (Å²) in [6.45, 7) is 8.62. The zero-order valence-corrected chi connectivity index (χ0v) is 15.4. The number of nitrogens with one attached hydrogen (secondary N) is 1. The van der Waals surface area contributed by atoms with Crippen molar-refractivity contribution >= 4 is 29.9 Å². The maximum Gasteiger partial charge on any atom is 0.194 e. The second kappa shape index (κ2) is 10.6. The van der Waals surface area contributed by atoms with Crippen LogP contribution in [0.4, 0.5) is 0 Å². The first-order valence-electron chi connectivity index (χ1n) is 7.55. The summed E-state index contributed by atoms with van der Waals surface area (Å²) in [4.78, 5) is 7.04. The zero-order valence-electron chi connectivity index (χ0n) is 13.0. The Bertz CT molecular complexity index is 310. The number of hydrogen-bond acceptors (Lipinski definition) is 4. The Morgan fingerprint density at radius 3 is 2.95 bits per heavy atom. The third-order valence-electron chi connectivity index (χ3n) is 3.65. The third kappa shape index (κ3) is 6.25. The minimum atomic E-state index is 0. The Morgan fingerprint density at radius 2 is 2.29 bits per heavy atom. The molecule has 0 aromatic heterocycles. The number of rotatable bonds is 5. The van der Waals surface area contributed by atoms with E-state index in [0.29, 0.717) is 12.5 Å². The zero-order chi connectivity index (χ0) is 14.2. The van der Waals surface area contributed by atoms with Crippen LogP contribution in [0.3, 0.4) is 0 Å². The van der Waals surface area contributed by atoms with Gasteiger partial charge in [-0.3, -0.25) is 4.99 Å². The van der Waals surface area contributed by atoms with Crippen LogP contribution in [0.25, 0.3) is 0 Å². The molecule has 0 saturated carbocycles. The van der Waals surface area contributed by atoms with Gasteiger partial charge in [-0.05, 0) is 13.3 Å². The number of methoxy groups -OCH3 is 1. The molecule has 2 unspecified atom stereocenters. The number of halogens is 1. The molecule has 21 heavy (non-hydrogen) atoms. The molecule has 2 rings (SSSR count). The molecule has 1 N–H and O–H groups in total. The summed E-state index contributed by atoms with van der Waals surface area (Å²) in [6, 6.07) is 0. The van der Waals surface area contributed by atoms with Crippen LogP contribution in [-0.4, -0.2) is 76.7 Å². The van der Waals surface area contributed by atoms with Crippen molar-refractivity contribution in [2.75, 3.05) is 59.7 Å². The fourth-order valence-electron chi connectivity index (χ4n) is 2.57. The van der Waals surface area contributed by atoms with E-state index in [1.54, 1.807) is 7.11 Å². The van der Waals surface area contributed by atoms with Crippen molar-refractivity contribution in [3.63, 3.8) is 0 Å². The first-order chi connectivity index (χ1) is 9.83. The molecule has 0 spiro atoms. The molecule has 0 radical (unpaired) electrons. The van der Waals surface area contributed by atoms with Crippen molar-refractivity contribution < 1.29 is 14.2 Å². The van der Waals surface area contributed by atoms with Gasteiger partial charge < -0.3 is 24.4 Å². The summed E-state index contributed by atoms with van der Waals surface area (Å²) in [6.07, 6.45) is 1.26. The highest BCUT2D eigenvalue weighted by atomic mass is 127. The number of guanidine groups is 1. The van der Waals surface area contributed by atoms with Gasteiger partial charge in [0, 0.05) is 45.8 Å². The predicted molar refractivity (Wildman–Crippen MR) is 93.5 cm³/mol. The minimum Gasteiger partial charge on any atom is -0.382 e. The summed E-state index contributed by atoms with van der Waals surface area (Å²) in [5, 5.41) is 3.38. The smallest absolute Gasteiger partial charge is 0.194 e. The van der Waals surface area contributed by atoms with Gasteiger partial charge in [-0.15, -0.1) is 24.0 Å². The first kappa shape index (κ1) is 18.9. The Hall–Kier alpha value is -0.120. The summed E-state index contributed by atoms with van der Waals surface area (Å²) in [5.41, 5.74) is 0. The Labute approximate surface area is 144 Å². The van der Waals surface area contributed by atoms with Crippen LogP contribution >= 0.6 is 24.0 Å². The van der Waals surface area contributed by atoms with E-state index in [1.807, 2.05) is 0 Å². The Balaban J connectivity index is 0.00000220. The molecule has 2 heterocycles. The number of nitrogens with zero attached hydrogens (tertiary/aromatic N) is 2. The van der Waals surface area contributed by atoms with Crippen molar-refractivity contribution in [1.82, 2.24) is 10.2 Å². The third-order valence-corrected chi connectivity index (χ3v) is 3.65. The molecule has 124 valence electrons. The van der Waals surface area contributed by atoms with Gasteiger partial charge in [0.1, 0.15) is 0 Å². The van der Waals surface area contributed by atoms with E-state index < -0.39 is 0 Å². The summed E-state index contributed by atoms with van der Waals surface area (Å²) in [7, 11) is 1.71. The highest BCUT2D eigenvalue weighted by Gasteiger charge is 2.23. The van der Waals surface area contributed by atoms with Crippen LogP contribution in [0, 0.1) is 5.92 Å². The van der Waals surface area contributed by atoms with E-state index in [1.165, 1.54) is 0 Å². The topological polar surface area (TPSA) is 55.3 Å². The standard InChI is InChI=1S/C14H27N3O3.HI/c1-3-15-14(16-8-12-4-6-19-10-12)17-5-7-20-13(9-17)11-18-2;/h12-13H,3-11H2,1-2H3,(H,15,16);1H. The van der Waals surface area contributed by atoms with Crippen molar-refractivity contribution in [3.8, 4) is 0 Å². The van der Waals surface area contributed by atoms with Crippen LogP contribution in [0.15, 0.2) is 4.99 Å². The van der Waals surface area contributed by atoms with E-state index in [-0.39, 0.29) is 30.1 Å². The van der Waals surface area contributed by atoms with Gasteiger partial charge in [0.25, 0.3) is 0 Å². The average molecular weight is 413 g/mol. The molecule has 2 atom stereocenters. The molecule has 0 aliphatic carbocycles. The number of ether oxygens (including phenoxy) is 3. The normalized spacial score (nSPS) is 26.6. The van der Waals surface area contributed by atoms with Crippen molar-refractivity contribution in [2.45, 2.75) is 19.4 Å². The number of aliphatic imine (C=N–C) groups is 1. The van der Waals surface area contributed by atoms with Crippen molar-refractivity contribution in [1.29, 1.82) is 0 Å². The molecule has 7 heteroatoms. The maximum atomic E-state index is 5.69. The van der Waals surface area contributed by atoms with E-state index in [4.69, 9.17) is 19.2 Å². The van der Waals surface area contributed by atoms with Crippen LogP contribution < -0.4 is 5.32 Å². The molecule has 2 saturated heterocycles. The second-order valence-electron chi connectivity index (χ2n) is 5.32. The number of morpholine rings is 1. The molecule has 0 aromatic rings. The molecule has 2 fully saturated rings. The van der Waals surface area contributed by atoms with Crippen molar-refractivity contribution in [3.05, 3.63) is 0 Å². The van der Waals surface area contributed by atoms with E-state index >= 15 is 0 Å². The van der Waals surface area contributed by atoms with E-state index in [9.17, 15) is 0 Å². The quantitative estimate of drug-likeness (QED) is 0.414. The van der Waals surface area contributed by atoms with Crippen LogP contribution in [-0.2, 0) is 14.2 Å². The molecular formula is C14H28IN3O3. The molecule has 0 aromatic carbocycles. The monoisotopic (exact) mass is 413 g/mol. The molecule has 0 bridgehead atoms. The molecule has 0 amide bonds. The largest absolute Gasteiger partial charge is 0.382 e. The maximum absolute atomic E-state index is 5.69. The van der Waals surface area contributed by atoms with Gasteiger partial charge in [-0.1, -0.05) is 0 Å². The van der Waals surface area contributed by atoms with E-state index in [2.05, 4.69) is 17.1 Å². The lowest BCUT2D eigenvalue weighted by Gasteiger charge is -2.35. The molecule has 6 nitrogen and oxygen atoms in total. The fraction of sp³-hybridized carbons (Fsp3) is 0.929. The van der Waals surface area contributed by atoms with Gasteiger partial charge in [0.05, 0.1) is 25.9 Å². The van der Waals surface area contributed by atoms with Crippen LogP contribution in [0.2, 0.25) is 0 Å².